The number of carbonyl (C=O) groups is 1. The number of hydrogen-bond acceptors (Lipinski definition) is 3. The first kappa shape index (κ1) is 18.0. The molecule has 2 aromatic rings. The van der Waals surface area contributed by atoms with Crippen molar-refractivity contribution in [2.45, 2.75) is 25.7 Å². The van der Waals surface area contributed by atoms with Crippen molar-refractivity contribution in [1.29, 1.82) is 0 Å². The van der Waals surface area contributed by atoms with Crippen molar-refractivity contribution < 1.29 is 23.4 Å². The van der Waals surface area contributed by atoms with Crippen molar-refractivity contribution in [3.63, 3.8) is 0 Å². The summed E-state index contributed by atoms with van der Waals surface area (Å²) in [5.41, 5.74) is 1.80. The fourth-order valence-corrected chi connectivity index (χ4v) is 2.41. The maximum atomic E-state index is 12.3. The molecule has 0 fully saturated rings. The number of aliphatic carboxylic acids is 1. The molecule has 0 spiro atoms. The smallest absolute Gasteiger partial charge is 0.345 e. The van der Waals surface area contributed by atoms with Gasteiger partial charge in [-0.25, -0.2) is 0 Å². The Morgan fingerprint density at radius 3 is 1.79 bits per heavy atom. The van der Waals surface area contributed by atoms with Gasteiger partial charge in [0.15, 0.2) is 0 Å². The number of benzene rings is 2. The predicted octanol–water partition coefficient (Wildman–Crippen LogP) is 3.38. The maximum absolute atomic E-state index is 12.3. The molecule has 0 aromatic heterocycles. The highest BCUT2D eigenvalue weighted by molar-refractivity contribution is 5.73. The van der Waals surface area contributed by atoms with Crippen LogP contribution in [-0.4, -0.2) is 35.2 Å². The lowest BCUT2D eigenvalue weighted by molar-refractivity contribution is -0.162. The van der Waals surface area contributed by atoms with Crippen LogP contribution in [0.25, 0.3) is 0 Å². The van der Waals surface area contributed by atoms with Crippen LogP contribution in [0.5, 0.6) is 0 Å². The SMILES string of the molecule is O=C(O)[C@@H](COC(F)F)N(Cc1ccccc1)Cc1ccccc1. The standard InChI is InChI=1S/C18H19F2NO3/c19-18(20)24-13-16(17(22)23)21(11-14-7-3-1-4-8-14)12-15-9-5-2-6-10-15/h1-10,16,18H,11-13H2,(H,22,23)/t16-/m1/s1. The van der Waals surface area contributed by atoms with Gasteiger partial charge in [-0.15, -0.1) is 0 Å². The van der Waals surface area contributed by atoms with Gasteiger partial charge in [-0.2, -0.15) is 8.78 Å². The van der Waals surface area contributed by atoms with Crippen LogP contribution in [0.1, 0.15) is 11.1 Å². The maximum Gasteiger partial charge on any atom is 0.345 e. The number of rotatable bonds is 9. The quantitative estimate of drug-likeness (QED) is 0.763. The Labute approximate surface area is 139 Å². The Hall–Kier alpha value is -2.31. The molecule has 0 unspecified atom stereocenters. The number of nitrogens with zero attached hydrogens (tertiary/aromatic N) is 1. The second kappa shape index (κ2) is 9.10. The molecular formula is C18H19F2NO3. The minimum Gasteiger partial charge on any atom is -0.480 e. The van der Waals surface area contributed by atoms with E-state index in [4.69, 9.17) is 0 Å². The molecule has 0 saturated carbocycles. The van der Waals surface area contributed by atoms with Gasteiger partial charge in [0, 0.05) is 13.1 Å². The summed E-state index contributed by atoms with van der Waals surface area (Å²) in [4.78, 5) is 13.2. The van der Waals surface area contributed by atoms with Crippen molar-refractivity contribution >= 4 is 5.97 Å². The number of hydrogen-bond donors (Lipinski definition) is 1. The fraction of sp³-hybridized carbons (Fsp3) is 0.278. The third-order valence-corrected chi connectivity index (χ3v) is 3.56. The van der Waals surface area contributed by atoms with Crippen LogP contribution in [0.2, 0.25) is 0 Å². The molecule has 1 atom stereocenters. The highest BCUT2D eigenvalue weighted by atomic mass is 19.3. The summed E-state index contributed by atoms with van der Waals surface area (Å²) in [5, 5.41) is 9.45. The summed E-state index contributed by atoms with van der Waals surface area (Å²) in [6, 6.07) is 17.4. The van der Waals surface area contributed by atoms with Crippen LogP contribution in [0.3, 0.4) is 0 Å². The summed E-state index contributed by atoms with van der Waals surface area (Å²) in [6.45, 7) is -2.94. The Kier molecular flexibility index (Phi) is 6.84. The largest absolute Gasteiger partial charge is 0.480 e. The number of alkyl halides is 2. The third kappa shape index (κ3) is 5.72. The van der Waals surface area contributed by atoms with Crippen molar-refractivity contribution in [3.8, 4) is 0 Å². The predicted molar refractivity (Wildman–Crippen MR) is 85.5 cm³/mol. The highest BCUT2D eigenvalue weighted by Crippen LogP contribution is 2.15. The molecule has 0 radical (unpaired) electrons. The molecule has 4 nitrogen and oxygen atoms in total. The molecule has 2 aromatic carbocycles. The summed E-state index contributed by atoms with van der Waals surface area (Å²) >= 11 is 0. The van der Waals surface area contributed by atoms with Gasteiger partial charge >= 0.3 is 12.6 Å². The fourth-order valence-electron chi connectivity index (χ4n) is 2.41. The summed E-state index contributed by atoms with van der Waals surface area (Å²) in [5.74, 6) is -1.19. The summed E-state index contributed by atoms with van der Waals surface area (Å²) in [7, 11) is 0. The van der Waals surface area contributed by atoms with Gasteiger partial charge in [-0.05, 0) is 11.1 Å². The molecule has 2 rings (SSSR count). The number of carboxylic acids is 1. The van der Waals surface area contributed by atoms with E-state index in [2.05, 4.69) is 4.74 Å². The minimum atomic E-state index is -3.00. The minimum absolute atomic E-state index is 0.319. The van der Waals surface area contributed by atoms with Crippen molar-refractivity contribution in [2.24, 2.45) is 0 Å². The first-order valence-electron chi connectivity index (χ1n) is 7.50. The van der Waals surface area contributed by atoms with E-state index in [1.54, 1.807) is 4.90 Å². The molecule has 0 saturated heterocycles. The van der Waals surface area contributed by atoms with Crippen LogP contribution in [-0.2, 0) is 22.6 Å². The topological polar surface area (TPSA) is 49.8 Å². The van der Waals surface area contributed by atoms with E-state index in [1.165, 1.54) is 0 Å². The lowest BCUT2D eigenvalue weighted by Gasteiger charge is -2.29. The van der Waals surface area contributed by atoms with E-state index >= 15 is 0 Å². The first-order valence-corrected chi connectivity index (χ1v) is 7.50. The number of ether oxygens (including phenoxy) is 1. The molecule has 128 valence electrons. The van der Waals surface area contributed by atoms with Gasteiger partial charge in [0.1, 0.15) is 6.04 Å². The van der Waals surface area contributed by atoms with Gasteiger partial charge in [0.05, 0.1) is 6.61 Å². The van der Waals surface area contributed by atoms with Crippen molar-refractivity contribution in [3.05, 3.63) is 71.8 Å². The lowest BCUT2D eigenvalue weighted by atomic mass is 10.1. The highest BCUT2D eigenvalue weighted by Gasteiger charge is 2.27. The zero-order chi connectivity index (χ0) is 17.4. The summed E-state index contributed by atoms with van der Waals surface area (Å²) in [6.07, 6.45) is 0. The Morgan fingerprint density at radius 1 is 0.958 bits per heavy atom. The lowest BCUT2D eigenvalue weighted by Crippen LogP contribution is -2.44. The monoisotopic (exact) mass is 335 g/mol. The van der Waals surface area contributed by atoms with Gasteiger partial charge in [0.2, 0.25) is 0 Å². The zero-order valence-electron chi connectivity index (χ0n) is 13.0. The Bertz CT molecular complexity index is 581. The number of halogens is 2. The third-order valence-electron chi connectivity index (χ3n) is 3.56. The second-order valence-corrected chi connectivity index (χ2v) is 5.32. The van der Waals surface area contributed by atoms with Crippen LogP contribution in [0.4, 0.5) is 8.78 Å². The molecule has 0 amide bonds. The Morgan fingerprint density at radius 2 is 1.42 bits per heavy atom. The van der Waals surface area contributed by atoms with E-state index in [0.717, 1.165) is 11.1 Å². The number of carboxylic acid groups (broad SMARTS) is 1. The molecule has 1 N–H and O–H groups in total. The normalized spacial score (nSPS) is 12.5. The first-order chi connectivity index (χ1) is 11.6. The van der Waals surface area contributed by atoms with E-state index in [9.17, 15) is 18.7 Å². The van der Waals surface area contributed by atoms with E-state index in [1.807, 2.05) is 60.7 Å². The zero-order valence-corrected chi connectivity index (χ0v) is 13.0. The van der Waals surface area contributed by atoms with Gasteiger partial charge in [0.25, 0.3) is 0 Å². The van der Waals surface area contributed by atoms with Gasteiger partial charge < -0.3 is 9.84 Å². The molecule has 6 heteroatoms. The van der Waals surface area contributed by atoms with Crippen LogP contribution in [0.15, 0.2) is 60.7 Å². The molecule has 0 bridgehead atoms. The van der Waals surface area contributed by atoms with E-state index < -0.39 is 25.2 Å². The van der Waals surface area contributed by atoms with Crippen LogP contribution >= 0.6 is 0 Å². The van der Waals surface area contributed by atoms with Crippen molar-refractivity contribution in [2.75, 3.05) is 6.61 Å². The second-order valence-electron chi connectivity index (χ2n) is 5.32. The average molecular weight is 335 g/mol. The van der Waals surface area contributed by atoms with Crippen LogP contribution < -0.4 is 0 Å². The van der Waals surface area contributed by atoms with E-state index in [0.29, 0.717) is 13.1 Å². The molecular weight excluding hydrogens is 316 g/mol. The van der Waals surface area contributed by atoms with Gasteiger partial charge in [-0.3, -0.25) is 9.69 Å². The van der Waals surface area contributed by atoms with Crippen molar-refractivity contribution in [1.82, 2.24) is 4.90 Å². The Balaban J connectivity index is 2.20. The summed E-state index contributed by atoms with van der Waals surface area (Å²) < 4.78 is 29.0. The molecule has 0 aliphatic rings. The molecule has 0 aliphatic carbocycles. The van der Waals surface area contributed by atoms with Crippen LogP contribution in [0, 0.1) is 0 Å². The molecule has 24 heavy (non-hydrogen) atoms. The molecule has 0 aliphatic heterocycles. The molecule has 0 heterocycles. The van der Waals surface area contributed by atoms with Gasteiger partial charge in [-0.1, -0.05) is 60.7 Å². The average Bonchev–Trinajstić information content (AvgIpc) is 2.56. The van der Waals surface area contributed by atoms with E-state index in [-0.39, 0.29) is 0 Å².